The van der Waals surface area contributed by atoms with Crippen LogP contribution in [0.3, 0.4) is 0 Å². The molecule has 104 valence electrons. The minimum absolute atomic E-state index is 0.0519. The third-order valence-electron chi connectivity index (χ3n) is 2.37. The van der Waals surface area contributed by atoms with Gasteiger partial charge in [-0.1, -0.05) is 0 Å². The summed E-state index contributed by atoms with van der Waals surface area (Å²) in [4.78, 5) is 22.7. The van der Waals surface area contributed by atoms with Gasteiger partial charge in [0, 0.05) is 39.3 Å². The van der Waals surface area contributed by atoms with Crippen molar-refractivity contribution in [2.45, 2.75) is 0 Å². The zero-order valence-corrected chi connectivity index (χ0v) is 10.8. The molecule has 0 radical (unpaired) electrons. The summed E-state index contributed by atoms with van der Waals surface area (Å²) in [7, 11) is 3.30. The van der Waals surface area contributed by atoms with E-state index in [1.54, 1.807) is 20.2 Å². The van der Waals surface area contributed by atoms with Crippen molar-refractivity contribution in [1.82, 2.24) is 10.2 Å². The van der Waals surface area contributed by atoms with E-state index in [1.807, 2.05) is 0 Å². The van der Waals surface area contributed by atoms with Crippen LogP contribution in [0, 0.1) is 10.1 Å². The number of nitrogens with one attached hydrogen (secondary N) is 2. The van der Waals surface area contributed by atoms with Crippen LogP contribution in [0.5, 0.6) is 0 Å². The molecule has 1 aromatic carbocycles. The molecule has 0 aliphatic rings. The van der Waals surface area contributed by atoms with E-state index in [2.05, 4.69) is 10.6 Å². The lowest BCUT2D eigenvalue weighted by Crippen LogP contribution is -2.37. The zero-order valence-electron chi connectivity index (χ0n) is 10.8. The van der Waals surface area contributed by atoms with Gasteiger partial charge < -0.3 is 21.3 Å². The van der Waals surface area contributed by atoms with Gasteiger partial charge in [-0.25, -0.2) is 4.79 Å². The molecule has 0 saturated carbocycles. The van der Waals surface area contributed by atoms with E-state index in [0.717, 1.165) is 0 Å². The van der Waals surface area contributed by atoms with Crippen LogP contribution in [0.25, 0.3) is 0 Å². The SMILES string of the molecule is CN(C)C(=O)NCCNc1ccc([N+](=O)[O-])cc1N. The fourth-order valence-corrected chi connectivity index (χ4v) is 1.35. The number of hydrogen-bond acceptors (Lipinski definition) is 5. The Morgan fingerprint density at radius 2 is 2.11 bits per heavy atom. The van der Waals surface area contributed by atoms with Gasteiger partial charge in [0.05, 0.1) is 16.3 Å². The first-order chi connectivity index (χ1) is 8.91. The van der Waals surface area contributed by atoms with Crippen LogP contribution >= 0.6 is 0 Å². The minimum atomic E-state index is -0.503. The Bertz CT molecular complexity index is 475. The van der Waals surface area contributed by atoms with E-state index in [4.69, 9.17) is 5.73 Å². The highest BCUT2D eigenvalue weighted by Gasteiger charge is 2.08. The first-order valence-electron chi connectivity index (χ1n) is 5.64. The van der Waals surface area contributed by atoms with Crippen LogP contribution in [-0.2, 0) is 0 Å². The van der Waals surface area contributed by atoms with Gasteiger partial charge in [0.2, 0.25) is 0 Å². The Morgan fingerprint density at radius 1 is 1.42 bits per heavy atom. The maximum atomic E-state index is 11.2. The fraction of sp³-hybridized carbons (Fsp3) is 0.364. The molecule has 1 rings (SSSR count). The fourth-order valence-electron chi connectivity index (χ4n) is 1.35. The second kappa shape index (κ2) is 6.43. The van der Waals surface area contributed by atoms with Crippen LogP contribution in [0.4, 0.5) is 21.9 Å². The van der Waals surface area contributed by atoms with Crippen molar-refractivity contribution >= 4 is 23.1 Å². The van der Waals surface area contributed by atoms with Crippen LogP contribution in [0.2, 0.25) is 0 Å². The van der Waals surface area contributed by atoms with E-state index < -0.39 is 4.92 Å². The number of benzene rings is 1. The normalized spacial score (nSPS) is 9.79. The summed E-state index contributed by atoms with van der Waals surface area (Å²) in [6.45, 7) is 0.898. The molecule has 0 aliphatic carbocycles. The van der Waals surface area contributed by atoms with Crippen molar-refractivity contribution in [3.8, 4) is 0 Å². The lowest BCUT2D eigenvalue weighted by Gasteiger charge is -2.13. The van der Waals surface area contributed by atoms with E-state index in [-0.39, 0.29) is 11.7 Å². The van der Waals surface area contributed by atoms with Gasteiger partial charge in [0.1, 0.15) is 0 Å². The number of carbonyl (C=O) groups excluding carboxylic acids is 1. The van der Waals surface area contributed by atoms with Crippen molar-refractivity contribution in [3.63, 3.8) is 0 Å². The number of non-ortho nitro benzene ring substituents is 1. The molecule has 4 N–H and O–H groups in total. The summed E-state index contributed by atoms with van der Waals surface area (Å²) in [6, 6.07) is 4.03. The Kier molecular flexibility index (Phi) is 4.92. The number of urea groups is 1. The van der Waals surface area contributed by atoms with Gasteiger partial charge in [-0.2, -0.15) is 0 Å². The topological polar surface area (TPSA) is 114 Å². The van der Waals surface area contributed by atoms with Crippen LogP contribution in [-0.4, -0.2) is 43.0 Å². The molecule has 0 atom stereocenters. The average Bonchev–Trinajstić information content (AvgIpc) is 2.35. The van der Waals surface area contributed by atoms with Gasteiger partial charge in [-0.05, 0) is 6.07 Å². The average molecular weight is 267 g/mol. The van der Waals surface area contributed by atoms with Gasteiger partial charge in [0.15, 0.2) is 0 Å². The highest BCUT2D eigenvalue weighted by atomic mass is 16.6. The molecule has 0 fully saturated rings. The summed E-state index contributed by atoms with van der Waals surface area (Å²) in [5.41, 5.74) is 6.54. The van der Waals surface area contributed by atoms with E-state index in [0.29, 0.717) is 24.5 Å². The Morgan fingerprint density at radius 3 is 2.63 bits per heavy atom. The summed E-state index contributed by atoms with van der Waals surface area (Å²) < 4.78 is 0. The minimum Gasteiger partial charge on any atom is -0.397 e. The molecule has 0 aliphatic heterocycles. The van der Waals surface area contributed by atoms with Gasteiger partial charge in [0.25, 0.3) is 5.69 Å². The number of hydrogen-bond donors (Lipinski definition) is 3. The molecule has 8 heteroatoms. The number of anilines is 2. The maximum Gasteiger partial charge on any atom is 0.316 e. The summed E-state index contributed by atoms with van der Waals surface area (Å²) in [5, 5.41) is 16.2. The number of nitrogens with zero attached hydrogens (tertiary/aromatic N) is 2. The number of nitrogen functional groups attached to an aromatic ring is 1. The largest absolute Gasteiger partial charge is 0.397 e. The first kappa shape index (κ1) is 14.6. The molecule has 0 saturated heterocycles. The van der Waals surface area contributed by atoms with E-state index >= 15 is 0 Å². The van der Waals surface area contributed by atoms with Crippen LogP contribution < -0.4 is 16.4 Å². The highest BCUT2D eigenvalue weighted by molar-refractivity contribution is 5.73. The molecule has 0 bridgehead atoms. The number of carbonyl (C=O) groups is 1. The van der Waals surface area contributed by atoms with Crippen molar-refractivity contribution < 1.29 is 9.72 Å². The summed E-state index contributed by atoms with van der Waals surface area (Å²) in [6.07, 6.45) is 0. The molecule has 0 aromatic heterocycles. The molecular weight excluding hydrogens is 250 g/mol. The Balaban J connectivity index is 2.46. The Hall–Kier alpha value is -2.51. The maximum absolute atomic E-state index is 11.2. The highest BCUT2D eigenvalue weighted by Crippen LogP contribution is 2.23. The molecule has 0 unspecified atom stereocenters. The standard InChI is InChI=1S/C11H17N5O3/c1-15(2)11(17)14-6-5-13-10-4-3-8(16(18)19)7-9(10)12/h3-4,7,13H,5-6,12H2,1-2H3,(H,14,17). The molecule has 19 heavy (non-hydrogen) atoms. The second-order valence-electron chi connectivity index (χ2n) is 4.08. The lowest BCUT2D eigenvalue weighted by molar-refractivity contribution is -0.384. The molecule has 2 amide bonds. The number of nitro groups is 1. The van der Waals surface area contributed by atoms with Crippen molar-refractivity contribution in [2.75, 3.05) is 38.2 Å². The second-order valence-corrected chi connectivity index (χ2v) is 4.08. The van der Waals surface area contributed by atoms with Crippen molar-refractivity contribution in [1.29, 1.82) is 0 Å². The first-order valence-corrected chi connectivity index (χ1v) is 5.64. The molecule has 0 heterocycles. The predicted octanol–water partition coefficient (Wildman–Crippen LogP) is 0.860. The smallest absolute Gasteiger partial charge is 0.316 e. The zero-order chi connectivity index (χ0) is 14.4. The molecule has 0 spiro atoms. The van der Waals surface area contributed by atoms with Crippen molar-refractivity contribution in [3.05, 3.63) is 28.3 Å². The van der Waals surface area contributed by atoms with Crippen LogP contribution in [0.1, 0.15) is 0 Å². The third kappa shape index (κ3) is 4.34. The van der Waals surface area contributed by atoms with E-state index in [1.165, 1.54) is 17.0 Å². The lowest BCUT2D eigenvalue weighted by atomic mass is 10.2. The summed E-state index contributed by atoms with van der Waals surface area (Å²) >= 11 is 0. The number of amides is 2. The number of nitrogens with two attached hydrogens (primary N) is 1. The predicted molar refractivity (Wildman–Crippen MR) is 73.1 cm³/mol. The molecular formula is C11H17N5O3. The van der Waals surface area contributed by atoms with Gasteiger partial charge >= 0.3 is 6.03 Å². The van der Waals surface area contributed by atoms with Gasteiger partial charge in [-0.15, -0.1) is 0 Å². The Labute approximate surface area is 110 Å². The molecule has 1 aromatic rings. The van der Waals surface area contributed by atoms with Gasteiger partial charge in [-0.3, -0.25) is 10.1 Å². The quantitative estimate of drug-likeness (QED) is 0.317. The monoisotopic (exact) mass is 267 g/mol. The van der Waals surface area contributed by atoms with E-state index in [9.17, 15) is 14.9 Å². The van der Waals surface area contributed by atoms with Crippen molar-refractivity contribution in [2.24, 2.45) is 0 Å². The summed E-state index contributed by atoms with van der Waals surface area (Å²) in [5.74, 6) is 0. The third-order valence-corrected chi connectivity index (χ3v) is 2.37. The van der Waals surface area contributed by atoms with Crippen LogP contribution in [0.15, 0.2) is 18.2 Å². The number of nitro benzene ring substituents is 1. The number of rotatable bonds is 5. The molecule has 8 nitrogen and oxygen atoms in total.